The highest BCUT2D eigenvalue weighted by molar-refractivity contribution is 7.92. The van der Waals surface area contributed by atoms with Crippen molar-refractivity contribution in [3.63, 3.8) is 0 Å². The first-order valence-electron chi connectivity index (χ1n) is 13.8. The van der Waals surface area contributed by atoms with Crippen molar-refractivity contribution in [3.8, 4) is 11.6 Å². The van der Waals surface area contributed by atoms with Crippen molar-refractivity contribution in [2.75, 3.05) is 34.3 Å². The molecule has 1 fully saturated rings. The molecule has 3 heterocycles. The van der Waals surface area contributed by atoms with E-state index in [2.05, 4.69) is 24.9 Å². The largest absolute Gasteiger partial charge is 0.439 e. The van der Waals surface area contributed by atoms with Crippen LogP contribution in [0.4, 0.5) is 26.2 Å². The number of nitrogens with one attached hydrogen (secondary N) is 2. The SMILES string of the molecule is C.Cc1ccc(NC(=O)N(c2cccc(F)c2)C2CCN(Cc3ccc(Oc4ccc(NS(C)(=O)=O)cc4)nc3)CC2)cn1. The number of carbonyl (C=O) groups excluding carboxylic acids is 1. The molecule has 0 atom stereocenters. The van der Waals surface area contributed by atoms with E-state index < -0.39 is 15.8 Å². The highest BCUT2D eigenvalue weighted by Crippen LogP contribution is 2.27. The van der Waals surface area contributed by atoms with E-state index in [-0.39, 0.29) is 19.5 Å². The Morgan fingerprint density at radius 1 is 1.00 bits per heavy atom. The van der Waals surface area contributed by atoms with Gasteiger partial charge in [0.1, 0.15) is 11.6 Å². The molecule has 0 spiro atoms. The van der Waals surface area contributed by atoms with Gasteiger partial charge < -0.3 is 10.1 Å². The van der Waals surface area contributed by atoms with Crippen molar-refractivity contribution in [2.24, 2.45) is 0 Å². The molecule has 44 heavy (non-hydrogen) atoms. The topological polar surface area (TPSA) is 117 Å². The molecule has 2 N–H and O–H groups in total. The van der Waals surface area contributed by atoms with Gasteiger partial charge in [0.15, 0.2) is 0 Å². The number of likely N-dealkylation sites (tertiary alicyclic amines) is 1. The van der Waals surface area contributed by atoms with Gasteiger partial charge in [0.2, 0.25) is 15.9 Å². The summed E-state index contributed by atoms with van der Waals surface area (Å²) in [5.74, 6) is 0.560. The number of urea groups is 1. The number of carbonyl (C=O) groups is 1. The number of benzene rings is 2. The highest BCUT2D eigenvalue weighted by atomic mass is 32.2. The number of aryl methyl sites for hydroxylation is 1. The average Bonchev–Trinajstić information content (AvgIpc) is 2.97. The lowest BCUT2D eigenvalue weighted by Gasteiger charge is -2.38. The van der Waals surface area contributed by atoms with E-state index in [0.29, 0.717) is 35.2 Å². The lowest BCUT2D eigenvalue weighted by molar-refractivity contribution is 0.199. The fraction of sp³-hybridized carbons (Fsp3) is 0.281. The minimum Gasteiger partial charge on any atom is -0.439 e. The summed E-state index contributed by atoms with van der Waals surface area (Å²) in [6.45, 7) is 4.07. The summed E-state index contributed by atoms with van der Waals surface area (Å²) in [6, 6.07) is 19.6. The van der Waals surface area contributed by atoms with Gasteiger partial charge in [-0.3, -0.25) is 19.5 Å². The Labute approximate surface area is 258 Å². The number of ether oxygens (including phenoxy) is 1. The van der Waals surface area contributed by atoms with Gasteiger partial charge >= 0.3 is 6.03 Å². The number of amides is 2. The van der Waals surface area contributed by atoms with Gasteiger partial charge in [0.05, 0.1) is 18.1 Å². The van der Waals surface area contributed by atoms with Crippen LogP contribution in [0.1, 0.15) is 31.5 Å². The van der Waals surface area contributed by atoms with Crippen LogP contribution < -0.4 is 19.7 Å². The minimum atomic E-state index is -3.35. The number of hydrogen-bond acceptors (Lipinski definition) is 7. The smallest absolute Gasteiger partial charge is 0.326 e. The number of pyridine rings is 2. The van der Waals surface area contributed by atoms with Gasteiger partial charge in [-0.05, 0) is 79.9 Å². The Hall–Kier alpha value is -4.55. The maximum Gasteiger partial charge on any atom is 0.326 e. The maximum absolute atomic E-state index is 14.1. The predicted molar refractivity (Wildman–Crippen MR) is 171 cm³/mol. The zero-order valence-corrected chi connectivity index (χ0v) is 24.7. The number of halogens is 1. The van der Waals surface area contributed by atoms with E-state index in [1.165, 1.54) is 12.1 Å². The Morgan fingerprint density at radius 2 is 1.73 bits per heavy atom. The second-order valence-corrected chi connectivity index (χ2v) is 12.2. The fourth-order valence-corrected chi connectivity index (χ4v) is 5.49. The number of piperidine rings is 1. The van der Waals surface area contributed by atoms with Gasteiger partial charge in [0.25, 0.3) is 0 Å². The molecule has 2 amide bonds. The summed E-state index contributed by atoms with van der Waals surface area (Å²) in [5.41, 5.74) is 3.41. The third-order valence-electron chi connectivity index (χ3n) is 6.97. The van der Waals surface area contributed by atoms with Crippen LogP contribution in [0.25, 0.3) is 0 Å². The molecule has 0 saturated carbocycles. The standard InChI is InChI=1S/C31H33FN6O4S.CH4/c1-22-6-8-26(20-33-22)35-31(39)38(28-5-3-4-24(32)18-28)27-14-16-37(17-15-27)21-23-7-13-30(34-19-23)42-29-11-9-25(10-12-29)36-43(2,40)41;/h3-13,18-20,27,36H,14-17,21H2,1-2H3,(H,35,39);1H4. The molecule has 4 aromatic rings. The van der Waals surface area contributed by atoms with E-state index in [1.807, 2.05) is 19.1 Å². The third kappa shape index (κ3) is 8.98. The molecule has 1 aliphatic rings. The van der Waals surface area contributed by atoms with Gasteiger partial charge in [-0.15, -0.1) is 0 Å². The highest BCUT2D eigenvalue weighted by Gasteiger charge is 2.30. The predicted octanol–water partition coefficient (Wildman–Crippen LogP) is 6.43. The molecule has 5 rings (SSSR count). The van der Waals surface area contributed by atoms with Crippen molar-refractivity contribution in [3.05, 3.63) is 102 Å². The normalized spacial score (nSPS) is 13.9. The van der Waals surface area contributed by atoms with Crippen molar-refractivity contribution < 1.29 is 22.3 Å². The van der Waals surface area contributed by atoms with Crippen molar-refractivity contribution in [1.29, 1.82) is 0 Å². The minimum absolute atomic E-state index is 0. The van der Waals surface area contributed by atoms with Crippen LogP contribution in [0.3, 0.4) is 0 Å². The third-order valence-corrected chi connectivity index (χ3v) is 7.58. The van der Waals surface area contributed by atoms with Gasteiger partial charge in [-0.25, -0.2) is 22.6 Å². The van der Waals surface area contributed by atoms with E-state index in [0.717, 1.165) is 43.4 Å². The van der Waals surface area contributed by atoms with Crippen LogP contribution in [0.5, 0.6) is 11.6 Å². The molecule has 1 aliphatic heterocycles. The number of hydrogen-bond donors (Lipinski definition) is 2. The van der Waals surface area contributed by atoms with E-state index in [1.54, 1.807) is 65.8 Å². The number of sulfonamides is 1. The lowest BCUT2D eigenvalue weighted by Crippen LogP contribution is -2.49. The van der Waals surface area contributed by atoms with Crippen molar-refractivity contribution >= 4 is 33.1 Å². The molecule has 0 aliphatic carbocycles. The molecule has 1 saturated heterocycles. The second kappa shape index (κ2) is 14.3. The molecule has 0 unspecified atom stereocenters. The summed E-state index contributed by atoms with van der Waals surface area (Å²) in [7, 11) is -3.35. The molecule has 12 heteroatoms. The summed E-state index contributed by atoms with van der Waals surface area (Å²) in [4.78, 5) is 26.0. The molecule has 0 radical (unpaired) electrons. The van der Waals surface area contributed by atoms with Crippen LogP contribution in [0.2, 0.25) is 0 Å². The molecule has 2 aromatic carbocycles. The number of nitrogens with zero attached hydrogens (tertiary/aromatic N) is 4. The first kappa shape index (κ1) is 32.4. The Morgan fingerprint density at radius 3 is 2.34 bits per heavy atom. The molecule has 10 nitrogen and oxygen atoms in total. The summed E-state index contributed by atoms with van der Waals surface area (Å²) >= 11 is 0. The van der Waals surface area contributed by atoms with E-state index in [4.69, 9.17) is 4.74 Å². The summed E-state index contributed by atoms with van der Waals surface area (Å²) in [6.07, 6.45) is 5.91. The fourth-order valence-electron chi connectivity index (χ4n) is 4.93. The summed E-state index contributed by atoms with van der Waals surface area (Å²) < 4.78 is 45.1. The van der Waals surface area contributed by atoms with E-state index >= 15 is 0 Å². The van der Waals surface area contributed by atoms with Crippen LogP contribution in [0, 0.1) is 12.7 Å². The average molecular weight is 621 g/mol. The van der Waals surface area contributed by atoms with Gasteiger partial charge in [-0.2, -0.15) is 0 Å². The van der Waals surface area contributed by atoms with Gasteiger partial charge in [0, 0.05) is 55.0 Å². The zero-order valence-electron chi connectivity index (χ0n) is 23.9. The lowest BCUT2D eigenvalue weighted by atomic mass is 10.0. The summed E-state index contributed by atoms with van der Waals surface area (Å²) in [5, 5.41) is 2.91. The van der Waals surface area contributed by atoms with Crippen molar-refractivity contribution in [2.45, 2.75) is 39.8 Å². The Bertz CT molecular complexity index is 1640. The first-order valence-corrected chi connectivity index (χ1v) is 15.7. The Balaban J connectivity index is 0.00000442. The van der Waals surface area contributed by atoms with Crippen molar-refractivity contribution in [1.82, 2.24) is 14.9 Å². The molecule has 2 aromatic heterocycles. The maximum atomic E-state index is 14.1. The van der Waals surface area contributed by atoms with Crippen LogP contribution >= 0.6 is 0 Å². The number of rotatable bonds is 9. The first-order chi connectivity index (χ1) is 20.6. The quantitative estimate of drug-likeness (QED) is 0.222. The Kier molecular flexibility index (Phi) is 10.5. The number of aromatic nitrogens is 2. The van der Waals surface area contributed by atoms with Crippen LogP contribution in [-0.4, -0.2) is 54.7 Å². The molecule has 0 bridgehead atoms. The second-order valence-electron chi connectivity index (χ2n) is 10.5. The zero-order chi connectivity index (χ0) is 30.4. The molecular formula is C32H37FN6O4S. The van der Waals surface area contributed by atoms with Crippen LogP contribution in [0.15, 0.2) is 85.2 Å². The van der Waals surface area contributed by atoms with Gasteiger partial charge in [-0.1, -0.05) is 19.6 Å². The molecule has 232 valence electrons. The number of anilines is 3. The molecular weight excluding hydrogens is 583 g/mol. The van der Waals surface area contributed by atoms with Crippen LogP contribution in [-0.2, 0) is 16.6 Å². The monoisotopic (exact) mass is 620 g/mol. The van der Waals surface area contributed by atoms with E-state index in [9.17, 15) is 17.6 Å².